The van der Waals surface area contributed by atoms with Crippen LogP contribution in [0.15, 0.2) is 30.5 Å². The van der Waals surface area contributed by atoms with Crippen LogP contribution in [0.4, 0.5) is 4.79 Å². The first kappa shape index (κ1) is 17.0. The number of aryl methyl sites for hydroxylation is 1. The van der Waals surface area contributed by atoms with Crippen molar-refractivity contribution >= 4 is 12.0 Å². The minimum atomic E-state index is -0.373. The lowest BCUT2D eigenvalue weighted by Crippen LogP contribution is -2.38. The van der Waals surface area contributed by atoms with Crippen LogP contribution in [0.3, 0.4) is 0 Å². The van der Waals surface area contributed by atoms with Gasteiger partial charge in [-0.1, -0.05) is 12.1 Å². The van der Waals surface area contributed by atoms with Crippen LogP contribution < -0.4 is 10.6 Å². The predicted molar refractivity (Wildman–Crippen MR) is 92.0 cm³/mol. The van der Waals surface area contributed by atoms with E-state index in [0.717, 1.165) is 30.4 Å². The van der Waals surface area contributed by atoms with Crippen LogP contribution in [0, 0.1) is 0 Å². The smallest absolute Gasteiger partial charge is 0.337 e. The molecular formula is C18H22N4O3. The molecule has 0 spiro atoms. The monoisotopic (exact) mass is 342 g/mol. The number of hydrogen-bond donors (Lipinski definition) is 2. The molecule has 1 aliphatic carbocycles. The minimum Gasteiger partial charge on any atom is -0.465 e. The van der Waals surface area contributed by atoms with E-state index >= 15 is 0 Å². The summed E-state index contributed by atoms with van der Waals surface area (Å²) in [7, 11) is 3.28. The molecule has 1 atom stereocenters. The highest BCUT2D eigenvalue weighted by Crippen LogP contribution is 2.28. The highest BCUT2D eigenvalue weighted by atomic mass is 16.5. The van der Waals surface area contributed by atoms with E-state index in [1.54, 1.807) is 24.3 Å². The fraction of sp³-hybridized carbons (Fsp3) is 0.389. The molecule has 3 rings (SSSR count). The molecule has 7 heteroatoms. The zero-order chi connectivity index (χ0) is 17.8. The van der Waals surface area contributed by atoms with Crippen LogP contribution in [0.5, 0.6) is 0 Å². The van der Waals surface area contributed by atoms with Gasteiger partial charge in [-0.2, -0.15) is 5.10 Å². The van der Waals surface area contributed by atoms with E-state index in [-0.39, 0.29) is 18.0 Å². The van der Waals surface area contributed by atoms with Gasteiger partial charge in [0.05, 0.1) is 24.9 Å². The molecule has 2 aromatic rings. The summed E-state index contributed by atoms with van der Waals surface area (Å²) in [5.41, 5.74) is 3.69. The quantitative estimate of drug-likeness (QED) is 0.833. The highest BCUT2D eigenvalue weighted by molar-refractivity contribution is 5.89. The maximum absolute atomic E-state index is 12.2. The number of methoxy groups -OCH3 is 1. The fourth-order valence-electron chi connectivity index (χ4n) is 3.12. The van der Waals surface area contributed by atoms with E-state index < -0.39 is 0 Å². The molecular weight excluding hydrogens is 320 g/mol. The molecule has 1 unspecified atom stereocenters. The van der Waals surface area contributed by atoms with Gasteiger partial charge >= 0.3 is 12.0 Å². The second-order valence-electron chi connectivity index (χ2n) is 6.13. The second kappa shape index (κ2) is 7.38. The van der Waals surface area contributed by atoms with Gasteiger partial charge in [-0.05, 0) is 37.0 Å². The molecule has 0 bridgehead atoms. The van der Waals surface area contributed by atoms with Crippen molar-refractivity contribution in [2.75, 3.05) is 7.11 Å². The van der Waals surface area contributed by atoms with E-state index in [2.05, 4.69) is 20.5 Å². The normalized spacial score (nSPS) is 16.0. The van der Waals surface area contributed by atoms with Gasteiger partial charge in [0.15, 0.2) is 0 Å². The number of ether oxygens (including phenoxy) is 1. The molecule has 1 aromatic heterocycles. The highest BCUT2D eigenvalue weighted by Gasteiger charge is 2.24. The zero-order valence-corrected chi connectivity index (χ0v) is 14.4. The van der Waals surface area contributed by atoms with E-state index in [4.69, 9.17) is 0 Å². The third-order valence-electron chi connectivity index (χ3n) is 4.51. The number of nitrogens with zero attached hydrogens (tertiary/aromatic N) is 2. The van der Waals surface area contributed by atoms with Gasteiger partial charge in [0.2, 0.25) is 0 Å². The van der Waals surface area contributed by atoms with Crippen molar-refractivity contribution < 1.29 is 14.3 Å². The largest absolute Gasteiger partial charge is 0.465 e. The van der Waals surface area contributed by atoms with E-state index in [9.17, 15) is 9.59 Å². The Kier molecular flexibility index (Phi) is 5.02. The van der Waals surface area contributed by atoms with Gasteiger partial charge in [0, 0.05) is 24.8 Å². The summed E-state index contributed by atoms with van der Waals surface area (Å²) in [6.45, 7) is 0.389. The molecule has 25 heavy (non-hydrogen) atoms. The molecule has 2 N–H and O–H groups in total. The van der Waals surface area contributed by atoms with Gasteiger partial charge in [-0.15, -0.1) is 0 Å². The lowest BCUT2D eigenvalue weighted by molar-refractivity contribution is 0.0600. The Morgan fingerprint density at radius 2 is 2.08 bits per heavy atom. The third kappa shape index (κ3) is 3.81. The van der Waals surface area contributed by atoms with Crippen molar-refractivity contribution in [2.45, 2.75) is 31.8 Å². The minimum absolute atomic E-state index is 0.000787. The Labute approximate surface area is 146 Å². The predicted octanol–water partition coefficient (Wildman–Crippen LogP) is 2.08. The number of fused-ring (bicyclic) bond motifs is 1. The molecule has 7 nitrogen and oxygen atoms in total. The number of esters is 1. The average molecular weight is 342 g/mol. The summed E-state index contributed by atoms with van der Waals surface area (Å²) in [5.74, 6) is -0.373. The Bertz CT molecular complexity index is 767. The molecule has 0 aliphatic heterocycles. The maximum Gasteiger partial charge on any atom is 0.337 e. The number of rotatable bonds is 4. The van der Waals surface area contributed by atoms with Crippen LogP contribution in [0.1, 0.15) is 46.1 Å². The van der Waals surface area contributed by atoms with Crippen molar-refractivity contribution in [3.8, 4) is 0 Å². The van der Waals surface area contributed by atoms with E-state index in [0.29, 0.717) is 12.1 Å². The van der Waals surface area contributed by atoms with E-state index in [1.807, 2.05) is 17.9 Å². The summed E-state index contributed by atoms with van der Waals surface area (Å²) in [6.07, 6.45) is 4.79. The second-order valence-corrected chi connectivity index (χ2v) is 6.13. The fourth-order valence-corrected chi connectivity index (χ4v) is 3.12. The molecule has 2 amide bonds. The van der Waals surface area contributed by atoms with Crippen molar-refractivity contribution in [1.82, 2.24) is 20.4 Å². The standard InChI is InChI=1S/C18H22N4O3/c1-22-16-5-3-4-15(14(16)11-20-22)21-18(24)19-10-12-6-8-13(9-7-12)17(23)25-2/h6-9,11,15H,3-5,10H2,1-2H3,(H2,19,21,24). The number of benzene rings is 1. The first-order valence-electron chi connectivity index (χ1n) is 8.31. The van der Waals surface area contributed by atoms with Crippen LogP contribution >= 0.6 is 0 Å². The number of carbonyl (C=O) groups excluding carboxylic acids is 2. The summed E-state index contributed by atoms with van der Waals surface area (Å²) in [5, 5.41) is 10.2. The molecule has 0 saturated carbocycles. The maximum atomic E-state index is 12.2. The lowest BCUT2D eigenvalue weighted by atomic mass is 9.93. The molecule has 1 aliphatic rings. The molecule has 0 fully saturated rings. The molecule has 0 radical (unpaired) electrons. The summed E-state index contributed by atoms with van der Waals surface area (Å²) >= 11 is 0. The van der Waals surface area contributed by atoms with Gasteiger partial charge in [-0.3, -0.25) is 4.68 Å². The Morgan fingerprint density at radius 1 is 1.32 bits per heavy atom. The summed E-state index contributed by atoms with van der Waals surface area (Å²) in [4.78, 5) is 23.6. The molecule has 132 valence electrons. The SMILES string of the molecule is COC(=O)c1ccc(CNC(=O)NC2CCCc3c2cnn3C)cc1. The van der Waals surface area contributed by atoms with Gasteiger partial charge in [0.25, 0.3) is 0 Å². The first-order chi connectivity index (χ1) is 12.1. The molecule has 1 heterocycles. The number of hydrogen-bond acceptors (Lipinski definition) is 4. The van der Waals surface area contributed by atoms with Crippen LogP contribution in [-0.4, -0.2) is 28.9 Å². The van der Waals surface area contributed by atoms with Crippen LogP contribution in [-0.2, 0) is 24.8 Å². The average Bonchev–Trinajstić information content (AvgIpc) is 3.02. The number of urea groups is 1. The molecule has 1 aromatic carbocycles. The van der Waals surface area contributed by atoms with Crippen molar-refractivity contribution in [3.63, 3.8) is 0 Å². The zero-order valence-electron chi connectivity index (χ0n) is 14.4. The van der Waals surface area contributed by atoms with Crippen molar-refractivity contribution in [2.24, 2.45) is 7.05 Å². The number of carbonyl (C=O) groups is 2. The van der Waals surface area contributed by atoms with Gasteiger partial charge in [0.1, 0.15) is 0 Å². The van der Waals surface area contributed by atoms with Gasteiger partial charge in [-0.25, -0.2) is 9.59 Å². The summed E-state index contributed by atoms with van der Waals surface area (Å²) < 4.78 is 6.54. The Hall–Kier alpha value is -2.83. The molecule has 0 saturated heterocycles. The topological polar surface area (TPSA) is 85.2 Å². The van der Waals surface area contributed by atoms with E-state index in [1.165, 1.54) is 12.8 Å². The number of amides is 2. The number of aromatic nitrogens is 2. The van der Waals surface area contributed by atoms with Crippen LogP contribution in [0.2, 0.25) is 0 Å². The lowest BCUT2D eigenvalue weighted by Gasteiger charge is -2.24. The third-order valence-corrected chi connectivity index (χ3v) is 4.51. The number of nitrogens with one attached hydrogen (secondary N) is 2. The first-order valence-corrected chi connectivity index (χ1v) is 8.31. The summed E-state index contributed by atoms with van der Waals surface area (Å²) in [6, 6.07) is 6.75. The Morgan fingerprint density at radius 3 is 2.80 bits per heavy atom. The van der Waals surface area contributed by atoms with Gasteiger partial charge < -0.3 is 15.4 Å². The van der Waals surface area contributed by atoms with Crippen LogP contribution in [0.25, 0.3) is 0 Å². The van der Waals surface area contributed by atoms with Crippen molar-refractivity contribution in [3.05, 3.63) is 52.8 Å². The van der Waals surface area contributed by atoms with Crippen molar-refractivity contribution in [1.29, 1.82) is 0 Å². The Balaban J connectivity index is 1.54.